The lowest BCUT2D eigenvalue weighted by molar-refractivity contribution is 0.103. The standard InChI is InChI=1S/C13H14N2O3S/c1-17-10-7-9(11(18-2)6-8(10)14)15-13(16)12-4-3-5-19-12/h3-7H,14H2,1-2H3,(H,15,16). The van der Waals surface area contributed by atoms with E-state index < -0.39 is 0 Å². The van der Waals surface area contributed by atoms with Crippen LogP contribution in [0.3, 0.4) is 0 Å². The highest BCUT2D eigenvalue weighted by molar-refractivity contribution is 7.12. The molecule has 6 heteroatoms. The van der Waals surface area contributed by atoms with Crippen molar-refractivity contribution in [2.75, 3.05) is 25.3 Å². The van der Waals surface area contributed by atoms with Crippen molar-refractivity contribution in [2.24, 2.45) is 0 Å². The fraction of sp³-hybridized carbons (Fsp3) is 0.154. The van der Waals surface area contributed by atoms with Crippen molar-refractivity contribution in [3.8, 4) is 11.5 Å². The van der Waals surface area contributed by atoms with Crippen LogP contribution in [0.4, 0.5) is 11.4 Å². The van der Waals surface area contributed by atoms with E-state index in [1.165, 1.54) is 25.6 Å². The van der Waals surface area contributed by atoms with Gasteiger partial charge in [0.05, 0.1) is 30.5 Å². The van der Waals surface area contributed by atoms with Crippen molar-refractivity contribution in [1.82, 2.24) is 0 Å². The third-order valence-corrected chi connectivity index (χ3v) is 3.41. The molecule has 0 bridgehead atoms. The lowest BCUT2D eigenvalue weighted by atomic mass is 10.2. The first kappa shape index (κ1) is 13.2. The minimum Gasteiger partial charge on any atom is -0.495 e. The molecule has 5 nitrogen and oxygen atoms in total. The molecule has 0 atom stereocenters. The first-order chi connectivity index (χ1) is 9.15. The summed E-state index contributed by atoms with van der Waals surface area (Å²) < 4.78 is 10.3. The van der Waals surface area contributed by atoms with Gasteiger partial charge in [-0.05, 0) is 11.4 Å². The van der Waals surface area contributed by atoms with Gasteiger partial charge in [0.1, 0.15) is 11.5 Å². The van der Waals surface area contributed by atoms with Crippen LogP contribution in [0.5, 0.6) is 11.5 Å². The van der Waals surface area contributed by atoms with Gasteiger partial charge < -0.3 is 20.5 Å². The van der Waals surface area contributed by atoms with Gasteiger partial charge in [0.25, 0.3) is 5.91 Å². The molecule has 0 aliphatic heterocycles. The lowest BCUT2D eigenvalue weighted by Gasteiger charge is -2.13. The molecule has 19 heavy (non-hydrogen) atoms. The van der Waals surface area contributed by atoms with Crippen molar-refractivity contribution in [1.29, 1.82) is 0 Å². The topological polar surface area (TPSA) is 73.6 Å². The maximum absolute atomic E-state index is 12.0. The summed E-state index contributed by atoms with van der Waals surface area (Å²) in [5, 5.41) is 4.62. The van der Waals surface area contributed by atoms with Crippen molar-refractivity contribution in [2.45, 2.75) is 0 Å². The molecule has 0 aliphatic rings. The van der Waals surface area contributed by atoms with E-state index in [0.29, 0.717) is 27.8 Å². The van der Waals surface area contributed by atoms with Gasteiger partial charge in [-0.25, -0.2) is 0 Å². The van der Waals surface area contributed by atoms with E-state index in [2.05, 4.69) is 5.32 Å². The number of anilines is 2. The van der Waals surface area contributed by atoms with Crippen LogP contribution < -0.4 is 20.5 Å². The molecule has 2 aromatic rings. The number of carbonyl (C=O) groups excluding carboxylic acids is 1. The molecule has 0 unspecified atom stereocenters. The van der Waals surface area contributed by atoms with Gasteiger partial charge in [0.15, 0.2) is 0 Å². The Labute approximate surface area is 115 Å². The maximum atomic E-state index is 12.0. The number of carbonyl (C=O) groups is 1. The van der Waals surface area contributed by atoms with Gasteiger partial charge in [-0.15, -0.1) is 11.3 Å². The predicted octanol–water partition coefficient (Wildman–Crippen LogP) is 2.60. The highest BCUT2D eigenvalue weighted by Gasteiger charge is 2.13. The summed E-state index contributed by atoms with van der Waals surface area (Å²) in [7, 11) is 3.03. The molecule has 100 valence electrons. The number of hydrogen-bond donors (Lipinski definition) is 2. The molecule has 1 amide bonds. The van der Waals surface area contributed by atoms with Gasteiger partial charge in [0, 0.05) is 12.1 Å². The SMILES string of the molecule is COc1cc(NC(=O)c2cccs2)c(OC)cc1N. The van der Waals surface area contributed by atoms with Crippen LogP contribution in [0.25, 0.3) is 0 Å². The molecule has 0 aliphatic carbocycles. The Morgan fingerprint density at radius 1 is 1.26 bits per heavy atom. The number of benzene rings is 1. The first-order valence-corrected chi connectivity index (χ1v) is 6.40. The summed E-state index contributed by atoms with van der Waals surface area (Å²) in [6, 6.07) is 6.82. The number of rotatable bonds is 4. The van der Waals surface area contributed by atoms with E-state index >= 15 is 0 Å². The zero-order valence-electron chi connectivity index (χ0n) is 10.6. The van der Waals surface area contributed by atoms with Crippen molar-refractivity contribution in [3.05, 3.63) is 34.5 Å². The fourth-order valence-corrected chi connectivity index (χ4v) is 2.23. The Morgan fingerprint density at radius 3 is 2.58 bits per heavy atom. The fourth-order valence-electron chi connectivity index (χ4n) is 1.61. The van der Waals surface area contributed by atoms with Gasteiger partial charge in [-0.1, -0.05) is 6.07 Å². The van der Waals surface area contributed by atoms with Gasteiger partial charge in [0.2, 0.25) is 0 Å². The number of methoxy groups -OCH3 is 2. The van der Waals surface area contributed by atoms with Crippen LogP contribution in [-0.4, -0.2) is 20.1 Å². The summed E-state index contributed by atoms with van der Waals surface area (Å²) in [6.07, 6.45) is 0. The molecule has 3 N–H and O–H groups in total. The lowest BCUT2D eigenvalue weighted by Crippen LogP contribution is -2.11. The Kier molecular flexibility index (Phi) is 3.91. The largest absolute Gasteiger partial charge is 0.495 e. The quantitative estimate of drug-likeness (QED) is 0.843. The van der Waals surface area contributed by atoms with Crippen LogP contribution in [0.1, 0.15) is 9.67 Å². The average Bonchev–Trinajstić information content (AvgIpc) is 2.94. The Morgan fingerprint density at radius 2 is 2.00 bits per heavy atom. The van der Waals surface area contributed by atoms with Gasteiger partial charge in [-0.2, -0.15) is 0 Å². The summed E-state index contributed by atoms with van der Waals surface area (Å²) in [6.45, 7) is 0. The van der Waals surface area contributed by atoms with Crippen LogP contribution in [0.15, 0.2) is 29.6 Å². The van der Waals surface area contributed by atoms with Crippen LogP contribution in [0, 0.1) is 0 Å². The molecular weight excluding hydrogens is 264 g/mol. The van der Waals surface area contributed by atoms with Crippen LogP contribution >= 0.6 is 11.3 Å². The van der Waals surface area contributed by atoms with E-state index in [1.807, 2.05) is 11.4 Å². The number of amides is 1. The van der Waals surface area contributed by atoms with Gasteiger partial charge in [-0.3, -0.25) is 4.79 Å². The van der Waals surface area contributed by atoms with Crippen molar-refractivity contribution < 1.29 is 14.3 Å². The number of nitrogens with two attached hydrogens (primary N) is 1. The first-order valence-electron chi connectivity index (χ1n) is 5.52. The zero-order valence-corrected chi connectivity index (χ0v) is 11.4. The molecule has 1 aromatic heterocycles. The Bertz CT molecular complexity index is 582. The molecular formula is C13H14N2O3S. The minimum atomic E-state index is -0.194. The predicted molar refractivity (Wildman–Crippen MR) is 76.2 cm³/mol. The van der Waals surface area contributed by atoms with Gasteiger partial charge >= 0.3 is 0 Å². The molecule has 0 saturated carbocycles. The van der Waals surface area contributed by atoms with Crippen LogP contribution in [-0.2, 0) is 0 Å². The normalized spacial score (nSPS) is 10.0. The Balaban J connectivity index is 2.31. The molecule has 0 radical (unpaired) electrons. The van der Waals surface area contributed by atoms with Crippen molar-refractivity contribution >= 4 is 28.6 Å². The molecule has 1 heterocycles. The second-order valence-corrected chi connectivity index (χ2v) is 4.67. The van der Waals surface area contributed by atoms with Crippen LogP contribution in [0.2, 0.25) is 0 Å². The van der Waals surface area contributed by atoms with E-state index in [0.717, 1.165) is 0 Å². The minimum absolute atomic E-state index is 0.194. The zero-order chi connectivity index (χ0) is 13.8. The summed E-state index contributed by atoms with van der Waals surface area (Å²) in [4.78, 5) is 12.6. The number of nitrogens with one attached hydrogen (secondary N) is 1. The maximum Gasteiger partial charge on any atom is 0.265 e. The molecule has 0 saturated heterocycles. The monoisotopic (exact) mass is 278 g/mol. The number of nitrogen functional groups attached to an aromatic ring is 1. The number of hydrogen-bond acceptors (Lipinski definition) is 5. The van der Waals surface area contributed by atoms with E-state index in [9.17, 15) is 4.79 Å². The Hall–Kier alpha value is -2.21. The third kappa shape index (κ3) is 2.79. The second kappa shape index (κ2) is 5.62. The van der Waals surface area contributed by atoms with E-state index in [4.69, 9.17) is 15.2 Å². The van der Waals surface area contributed by atoms with Crippen molar-refractivity contribution in [3.63, 3.8) is 0 Å². The third-order valence-electron chi connectivity index (χ3n) is 2.54. The molecule has 2 rings (SSSR count). The summed E-state index contributed by atoms with van der Waals surface area (Å²) >= 11 is 1.37. The van der Waals surface area contributed by atoms with E-state index in [-0.39, 0.29) is 5.91 Å². The second-order valence-electron chi connectivity index (χ2n) is 3.73. The smallest absolute Gasteiger partial charge is 0.265 e. The average molecular weight is 278 g/mol. The summed E-state index contributed by atoms with van der Waals surface area (Å²) in [5.74, 6) is 0.783. The number of ether oxygens (including phenoxy) is 2. The number of thiophene rings is 1. The van der Waals surface area contributed by atoms with E-state index in [1.54, 1.807) is 18.2 Å². The summed E-state index contributed by atoms with van der Waals surface area (Å²) in [5.41, 5.74) is 6.76. The molecule has 1 aromatic carbocycles. The molecule has 0 spiro atoms. The highest BCUT2D eigenvalue weighted by atomic mass is 32.1. The highest BCUT2D eigenvalue weighted by Crippen LogP contribution is 2.34. The molecule has 0 fully saturated rings.